The molecule has 138 valence electrons. The van der Waals surface area contributed by atoms with Gasteiger partial charge in [-0.25, -0.2) is 9.18 Å². The molecule has 1 heterocycles. The third kappa shape index (κ3) is 3.88. The number of methoxy groups -OCH3 is 1. The number of rotatable bonds is 6. The van der Waals surface area contributed by atoms with Gasteiger partial charge < -0.3 is 14.8 Å². The maximum absolute atomic E-state index is 13.7. The molecule has 1 aromatic heterocycles. The fourth-order valence-corrected chi connectivity index (χ4v) is 3.59. The molecule has 1 aliphatic carbocycles. The number of esters is 1. The molecule has 1 N–H and O–H groups in total. The minimum absolute atomic E-state index is 0.0452. The van der Waals surface area contributed by atoms with E-state index in [2.05, 4.69) is 5.32 Å². The average Bonchev–Trinajstić information content (AvgIpc) is 3.41. The van der Waals surface area contributed by atoms with Crippen molar-refractivity contribution in [3.8, 4) is 5.75 Å². The summed E-state index contributed by atoms with van der Waals surface area (Å²) in [5.74, 6) is -0.925. The Morgan fingerprint density at radius 1 is 1.31 bits per heavy atom. The summed E-state index contributed by atoms with van der Waals surface area (Å²) in [7, 11) is 1.39. The van der Waals surface area contributed by atoms with Crippen LogP contribution in [-0.2, 0) is 16.1 Å². The van der Waals surface area contributed by atoms with Gasteiger partial charge in [0.05, 0.1) is 12.7 Å². The predicted octanol–water partition coefficient (Wildman–Crippen LogP) is 4.22. The number of amides is 1. The SMILES string of the molecule is COc1ccc(COC(=O)c2c(NC(=O)C3CC3)sc(C)c2C)cc1F. The molecule has 0 atom stereocenters. The molecule has 7 heteroatoms. The first kappa shape index (κ1) is 18.4. The minimum atomic E-state index is -0.533. The summed E-state index contributed by atoms with van der Waals surface area (Å²) in [6, 6.07) is 4.39. The third-order valence-corrected chi connectivity index (χ3v) is 5.48. The largest absolute Gasteiger partial charge is 0.494 e. The highest BCUT2D eigenvalue weighted by Gasteiger charge is 2.31. The van der Waals surface area contributed by atoms with E-state index in [9.17, 15) is 14.0 Å². The standard InChI is InChI=1S/C19H20FNO4S/c1-10-11(2)26-18(21-17(22)13-5-6-13)16(10)19(23)25-9-12-4-7-15(24-3)14(20)8-12/h4,7-8,13H,5-6,9H2,1-3H3,(H,21,22). The maximum atomic E-state index is 13.7. The monoisotopic (exact) mass is 377 g/mol. The first-order chi connectivity index (χ1) is 12.4. The van der Waals surface area contributed by atoms with Crippen LogP contribution in [0, 0.1) is 25.6 Å². The molecule has 1 fully saturated rings. The zero-order valence-corrected chi connectivity index (χ0v) is 15.7. The van der Waals surface area contributed by atoms with E-state index >= 15 is 0 Å². The van der Waals surface area contributed by atoms with E-state index in [4.69, 9.17) is 9.47 Å². The van der Waals surface area contributed by atoms with E-state index in [1.807, 2.05) is 13.8 Å². The van der Waals surface area contributed by atoms with Crippen LogP contribution in [0.25, 0.3) is 0 Å². The van der Waals surface area contributed by atoms with E-state index in [1.165, 1.54) is 30.6 Å². The highest BCUT2D eigenvalue weighted by Crippen LogP contribution is 2.36. The van der Waals surface area contributed by atoms with Crippen LogP contribution in [0.4, 0.5) is 9.39 Å². The summed E-state index contributed by atoms with van der Waals surface area (Å²) < 4.78 is 24.0. The van der Waals surface area contributed by atoms with Gasteiger partial charge in [-0.15, -0.1) is 11.3 Å². The fourth-order valence-electron chi connectivity index (χ4n) is 2.54. The predicted molar refractivity (Wildman–Crippen MR) is 97.2 cm³/mol. The van der Waals surface area contributed by atoms with Crippen molar-refractivity contribution in [2.24, 2.45) is 5.92 Å². The minimum Gasteiger partial charge on any atom is -0.494 e. The van der Waals surface area contributed by atoms with E-state index in [1.54, 1.807) is 6.07 Å². The van der Waals surface area contributed by atoms with E-state index in [-0.39, 0.29) is 24.2 Å². The fraction of sp³-hybridized carbons (Fsp3) is 0.368. The van der Waals surface area contributed by atoms with Gasteiger partial charge in [-0.05, 0) is 49.9 Å². The Morgan fingerprint density at radius 2 is 2.04 bits per heavy atom. The van der Waals surface area contributed by atoms with Gasteiger partial charge in [0, 0.05) is 10.8 Å². The molecule has 0 saturated heterocycles. The Labute approximate surface area is 155 Å². The molecule has 0 unspecified atom stereocenters. The second kappa shape index (κ2) is 7.45. The lowest BCUT2D eigenvalue weighted by Crippen LogP contribution is -2.16. The normalized spacial score (nSPS) is 13.4. The molecule has 26 heavy (non-hydrogen) atoms. The van der Waals surface area contributed by atoms with Crippen LogP contribution in [0.15, 0.2) is 18.2 Å². The van der Waals surface area contributed by atoms with Crippen molar-refractivity contribution in [2.45, 2.75) is 33.3 Å². The second-order valence-corrected chi connectivity index (χ2v) is 7.52. The van der Waals surface area contributed by atoms with Crippen LogP contribution in [-0.4, -0.2) is 19.0 Å². The van der Waals surface area contributed by atoms with Crippen molar-refractivity contribution < 1.29 is 23.5 Å². The molecule has 1 aromatic carbocycles. The molecule has 0 bridgehead atoms. The van der Waals surface area contributed by atoms with Gasteiger partial charge in [0.1, 0.15) is 11.6 Å². The molecule has 5 nitrogen and oxygen atoms in total. The number of halogens is 1. The van der Waals surface area contributed by atoms with Crippen molar-refractivity contribution in [3.63, 3.8) is 0 Å². The lowest BCUT2D eigenvalue weighted by Gasteiger charge is -2.09. The summed E-state index contributed by atoms with van der Waals surface area (Å²) in [5, 5.41) is 3.36. The number of nitrogens with one attached hydrogen (secondary N) is 1. The number of thiophene rings is 1. The highest BCUT2D eigenvalue weighted by molar-refractivity contribution is 7.16. The Balaban J connectivity index is 1.72. The molecule has 3 rings (SSSR count). The highest BCUT2D eigenvalue weighted by atomic mass is 32.1. The first-order valence-electron chi connectivity index (χ1n) is 8.31. The van der Waals surface area contributed by atoms with Crippen LogP contribution < -0.4 is 10.1 Å². The van der Waals surface area contributed by atoms with Crippen LogP contribution in [0.2, 0.25) is 0 Å². The molecule has 0 aliphatic heterocycles. The number of carbonyl (C=O) groups is 2. The van der Waals surface area contributed by atoms with Gasteiger partial charge in [0.2, 0.25) is 5.91 Å². The van der Waals surface area contributed by atoms with Crippen molar-refractivity contribution in [1.82, 2.24) is 0 Å². The van der Waals surface area contributed by atoms with E-state index in [0.717, 1.165) is 23.3 Å². The van der Waals surface area contributed by atoms with Crippen LogP contribution in [0.3, 0.4) is 0 Å². The summed E-state index contributed by atoms with van der Waals surface area (Å²) in [6.45, 7) is 3.65. The Kier molecular flexibility index (Phi) is 5.27. The lowest BCUT2D eigenvalue weighted by molar-refractivity contribution is -0.117. The van der Waals surface area contributed by atoms with E-state index < -0.39 is 11.8 Å². The number of hydrogen-bond donors (Lipinski definition) is 1. The number of carbonyl (C=O) groups excluding carboxylic acids is 2. The summed E-state index contributed by atoms with van der Waals surface area (Å²) in [4.78, 5) is 25.5. The van der Waals surface area contributed by atoms with Gasteiger partial charge in [-0.2, -0.15) is 0 Å². The van der Waals surface area contributed by atoms with Crippen molar-refractivity contribution in [1.29, 1.82) is 0 Å². The van der Waals surface area contributed by atoms with Crippen LogP contribution in [0.1, 0.15) is 39.2 Å². The van der Waals surface area contributed by atoms with Gasteiger partial charge >= 0.3 is 5.97 Å². The van der Waals surface area contributed by atoms with Crippen molar-refractivity contribution >= 4 is 28.2 Å². The number of anilines is 1. The van der Waals surface area contributed by atoms with Gasteiger partial charge in [-0.3, -0.25) is 4.79 Å². The topological polar surface area (TPSA) is 64.6 Å². The Hall–Kier alpha value is -2.41. The molecule has 0 spiro atoms. The summed E-state index contributed by atoms with van der Waals surface area (Å²) in [6.07, 6.45) is 1.77. The number of benzene rings is 1. The smallest absolute Gasteiger partial charge is 0.341 e. The Bertz CT molecular complexity index is 857. The molecule has 1 aliphatic rings. The van der Waals surface area contributed by atoms with Crippen LogP contribution >= 0.6 is 11.3 Å². The first-order valence-corrected chi connectivity index (χ1v) is 9.12. The van der Waals surface area contributed by atoms with E-state index in [0.29, 0.717) is 16.1 Å². The lowest BCUT2D eigenvalue weighted by atomic mass is 10.1. The molecule has 2 aromatic rings. The summed E-state index contributed by atoms with van der Waals surface area (Å²) in [5.41, 5.74) is 1.67. The van der Waals surface area contributed by atoms with Gasteiger partial charge in [0.25, 0.3) is 0 Å². The third-order valence-electron chi connectivity index (χ3n) is 4.36. The van der Waals surface area contributed by atoms with Crippen molar-refractivity contribution in [2.75, 3.05) is 12.4 Å². The zero-order valence-electron chi connectivity index (χ0n) is 14.8. The average molecular weight is 377 g/mol. The van der Waals surface area contributed by atoms with Crippen LogP contribution in [0.5, 0.6) is 5.75 Å². The molecule has 1 amide bonds. The quantitative estimate of drug-likeness (QED) is 0.766. The van der Waals surface area contributed by atoms with Gasteiger partial charge in [-0.1, -0.05) is 6.07 Å². The van der Waals surface area contributed by atoms with Crippen molar-refractivity contribution in [3.05, 3.63) is 45.6 Å². The molecule has 0 radical (unpaired) electrons. The molecule has 1 saturated carbocycles. The second-order valence-electron chi connectivity index (χ2n) is 6.30. The molecular weight excluding hydrogens is 357 g/mol. The maximum Gasteiger partial charge on any atom is 0.341 e. The van der Waals surface area contributed by atoms with Gasteiger partial charge in [0.15, 0.2) is 11.6 Å². The Morgan fingerprint density at radius 3 is 2.65 bits per heavy atom. The number of aryl methyl sites for hydroxylation is 1. The zero-order chi connectivity index (χ0) is 18.8. The number of ether oxygens (including phenoxy) is 2. The summed E-state index contributed by atoms with van der Waals surface area (Å²) >= 11 is 1.36. The molecular formula is C19H20FNO4S. The number of hydrogen-bond acceptors (Lipinski definition) is 5.